The van der Waals surface area contributed by atoms with E-state index < -0.39 is 0 Å². The number of methoxy groups -OCH3 is 1. The molecule has 6 nitrogen and oxygen atoms in total. The largest absolute Gasteiger partial charge is 0.497 e. The highest BCUT2D eigenvalue weighted by Gasteiger charge is 2.16. The summed E-state index contributed by atoms with van der Waals surface area (Å²) in [6.07, 6.45) is 0. The fourth-order valence-corrected chi connectivity index (χ4v) is 4.42. The van der Waals surface area contributed by atoms with Crippen molar-refractivity contribution in [3.63, 3.8) is 0 Å². The summed E-state index contributed by atoms with van der Waals surface area (Å²) in [5.41, 5.74) is 2.12. The lowest BCUT2D eigenvalue weighted by Gasteiger charge is -2.15. The molecular formula is C26H24FN3O3S. The minimum atomic E-state index is -0.307. The normalized spacial score (nSPS) is 11.1. The Bertz CT molecular complexity index is 1400. The van der Waals surface area contributed by atoms with E-state index in [2.05, 4.69) is 5.32 Å². The van der Waals surface area contributed by atoms with Gasteiger partial charge in [-0.3, -0.25) is 14.2 Å². The second-order valence-electron chi connectivity index (χ2n) is 8.01. The van der Waals surface area contributed by atoms with Gasteiger partial charge in [0.15, 0.2) is 5.16 Å². The molecule has 1 amide bonds. The van der Waals surface area contributed by atoms with E-state index in [1.54, 1.807) is 55.6 Å². The molecule has 0 bridgehead atoms. The zero-order valence-electron chi connectivity index (χ0n) is 19.0. The van der Waals surface area contributed by atoms with Crippen molar-refractivity contribution in [3.05, 3.63) is 94.0 Å². The maximum absolute atomic E-state index is 13.6. The molecule has 4 aromatic rings. The molecule has 3 aromatic carbocycles. The number of nitrogens with zero attached hydrogens (tertiary/aromatic N) is 2. The molecule has 1 heterocycles. The van der Waals surface area contributed by atoms with Crippen LogP contribution in [0.5, 0.6) is 5.75 Å². The number of ether oxygens (including phenoxy) is 1. The van der Waals surface area contributed by atoms with E-state index in [0.29, 0.717) is 38.8 Å². The van der Waals surface area contributed by atoms with Crippen LogP contribution >= 0.6 is 11.8 Å². The van der Waals surface area contributed by atoms with Crippen LogP contribution in [0.3, 0.4) is 0 Å². The topological polar surface area (TPSA) is 73.2 Å². The van der Waals surface area contributed by atoms with Gasteiger partial charge in [-0.2, -0.15) is 0 Å². The number of rotatable bonds is 7. The summed E-state index contributed by atoms with van der Waals surface area (Å²) in [5, 5.41) is 3.71. The van der Waals surface area contributed by atoms with Crippen LogP contribution in [-0.4, -0.2) is 28.6 Å². The van der Waals surface area contributed by atoms with Crippen LogP contribution in [0.4, 0.5) is 4.39 Å². The van der Waals surface area contributed by atoms with Gasteiger partial charge < -0.3 is 10.1 Å². The fourth-order valence-electron chi connectivity index (χ4n) is 3.45. The Morgan fingerprint density at radius 1 is 1.12 bits per heavy atom. The van der Waals surface area contributed by atoms with E-state index in [-0.39, 0.29) is 23.3 Å². The average Bonchev–Trinajstić information content (AvgIpc) is 2.83. The summed E-state index contributed by atoms with van der Waals surface area (Å²) < 4.78 is 20.2. The maximum Gasteiger partial charge on any atom is 0.266 e. The minimum absolute atomic E-state index is 0.0148. The number of benzene rings is 3. The zero-order chi connectivity index (χ0) is 24.2. The van der Waals surface area contributed by atoms with Crippen molar-refractivity contribution >= 4 is 28.6 Å². The molecule has 1 aromatic heterocycles. The van der Waals surface area contributed by atoms with Crippen molar-refractivity contribution in [2.24, 2.45) is 0 Å². The molecule has 0 atom stereocenters. The molecule has 0 aliphatic heterocycles. The van der Waals surface area contributed by atoms with E-state index in [1.165, 1.54) is 28.5 Å². The van der Waals surface area contributed by atoms with E-state index in [9.17, 15) is 14.0 Å². The molecule has 1 N–H and O–H groups in total. The van der Waals surface area contributed by atoms with Gasteiger partial charge in [0.1, 0.15) is 11.6 Å². The molecule has 174 valence electrons. The van der Waals surface area contributed by atoms with Gasteiger partial charge in [-0.05, 0) is 61.9 Å². The molecule has 0 unspecified atom stereocenters. The van der Waals surface area contributed by atoms with E-state index >= 15 is 0 Å². The highest BCUT2D eigenvalue weighted by Crippen LogP contribution is 2.26. The van der Waals surface area contributed by atoms with Gasteiger partial charge in [0, 0.05) is 23.4 Å². The van der Waals surface area contributed by atoms with Crippen molar-refractivity contribution in [2.45, 2.75) is 30.8 Å². The molecule has 0 saturated heterocycles. The van der Waals surface area contributed by atoms with Crippen LogP contribution in [-0.2, 0) is 5.75 Å². The fraction of sp³-hybridized carbons (Fsp3) is 0.192. The Kier molecular flexibility index (Phi) is 6.98. The second kappa shape index (κ2) is 10.1. The third-order valence-corrected chi connectivity index (χ3v) is 6.12. The summed E-state index contributed by atoms with van der Waals surface area (Å²) in [6, 6.07) is 18.3. The minimum Gasteiger partial charge on any atom is -0.497 e. The lowest BCUT2D eigenvalue weighted by Crippen LogP contribution is -2.30. The smallest absolute Gasteiger partial charge is 0.266 e. The number of hydrogen-bond acceptors (Lipinski definition) is 5. The van der Waals surface area contributed by atoms with Crippen molar-refractivity contribution in [1.29, 1.82) is 0 Å². The summed E-state index contributed by atoms with van der Waals surface area (Å²) in [6.45, 7) is 3.77. The monoisotopic (exact) mass is 477 g/mol. The number of hydrogen-bond donors (Lipinski definition) is 1. The number of halogens is 1. The van der Waals surface area contributed by atoms with Crippen molar-refractivity contribution in [3.8, 4) is 11.4 Å². The van der Waals surface area contributed by atoms with E-state index in [1.807, 2.05) is 19.9 Å². The van der Waals surface area contributed by atoms with Crippen LogP contribution in [0.15, 0.2) is 76.7 Å². The molecule has 34 heavy (non-hydrogen) atoms. The Morgan fingerprint density at radius 3 is 2.59 bits per heavy atom. The van der Waals surface area contributed by atoms with Gasteiger partial charge in [0.05, 0.1) is 23.7 Å². The van der Waals surface area contributed by atoms with Gasteiger partial charge in [-0.1, -0.05) is 30.0 Å². The van der Waals surface area contributed by atoms with Crippen LogP contribution in [0.2, 0.25) is 0 Å². The molecule has 0 aliphatic rings. The standard InChI is InChI=1S/C26H24FN3O3S/c1-16(2)28-24(31)18-9-12-22-23(13-18)29-26(34-15-17-7-10-19(27)11-8-17)30(25(22)32)20-5-4-6-21(14-20)33-3/h4-14,16H,15H2,1-3H3,(H,28,31). The predicted octanol–water partition coefficient (Wildman–Crippen LogP) is 4.96. The third-order valence-electron chi connectivity index (χ3n) is 5.11. The number of nitrogens with one attached hydrogen (secondary N) is 1. The van der Waals surface area contributed by atoms with E-state index in [0.717, 1.165) is 5.56 Å². The first kappa shape index (κ1) is 23.5. The number of carbonyl (C=O) groups is 1. The quantitative estimate of drug-likeness (QED) is 0.301. The number of thioether (sulfide) groups is 1. The highest BCUT2D eigenvalue weighted by molar-refractivity contribution is 7.98. The Labute approximate surface area is 200 Å². The third kappa shape index (κ3) is 5.12. The Morgan fingerprint density at radius 2 is 1.88 bits per heavy atom. The summed E-state index contributed by atoms with van der Waals surface area (Å²) >= 11 is 1.36. The van der Waals surface area contributed by atoms with Gasteiger partial charge in [-0.15, -0.1) is 0 Å². The summed E-state index contributed by atoms with van der Waals surface area (Å²) in [4.78, 5) is 30.8. The van der Waals surface area contributed by atoms with Crippen LogP contribution < -0.4 is 15.6 Å². The highest BCUT2D eigenvalue weighted by atomic mass is 32.2. The molecular weight excluding hydrogens is 453 g/mol. The lowest BCUT2D eigenvalue weighted by atomic mass is 10.1. The van der Waals surface area contributed by atoms with Crippen molar-refractivity contribution < 1.29 is 13.9 Å². The first-order chi connectivity index (χ1) is 16.4. The Hall–Kier alpha value is -3.65. The SMILES string of the molecule is COc1cccc(-n2c(SCc3ccc(F)cc3)nc3cc(C(=O)NC(C)C)ccc3c2=O)c1. The first-order valence-electron chi connectivity index (χ1n) is 10.7. The van der Waals surface area contributed by atoms with Gasteiger partial charge >= 0.3 is 0 Å². The molecule has 8 heteroatoms. The molecule has 0 radical (unpaired) electrons. The molecule has 0 fully saturated rings. The van der Waals surface area contributed by atoms with Gasteiger partial charge in [0.2, 0.25) is 0 Å². The second-order valence-corrected chi connectivity index (χ2v) is 8.95. The maximum atomic E-state index is 13.6. The van der Waals surface area contributed by atoms with Crippen LogP contribution in [0.1, 0.15) is 29.8 Å². The van der Waals surface area contributed by atoms with Crippen LogP contribution in [0, 0.1) is 5.82 Å². The molecule has 0 saturated carbocycles. The molecule has 0 aliphatic carbocycles. The zero-order valence-corrected chi connectivity index (χ0v) is 19.9. The summed E-state index contributed by atoms with van der Waals surface area (Å²) in [7, 11) is 1.56. The van der Waals surface area contributed by atoms with E-state index in [4.69, 9.17) is 9.72 Å². The molecule has 4 rings (SSSR count). The molecule has 0 spiro atoms. The van der Waals surface area contributed by atoms with Gasteiger partial charge in [0.25, 0.3) is 11.5 Å². The number of fused-ring (bicyclic) bond motifs is 1. The first-order valence-corrected chi connectivity index (χ1v) is 11.7. The number of amides is 1. The average molecular weight is 478 g/mol. The summed E-state index contributed by atoms with van der Waals surface area (Å²) in [5.74, 6) is 0.560. The number of carbonyl (C=O) groups excluding carboxylic acids is 1. The Balaban J connectivity index is 1.83. The lowest BCUT2D eigenvalue weighted by molar-refractivity contribution is 0.0943. The van der Waals surface area contributed by atoms with Gasteiger partial charge in [-0.25, -0.2) is 9.37 Å². The predicted molar refractivity (Wildman–Crippen MR) is 132 cm³/mol. The van der Waals surface area contributed by atoms with Crippen LogP contribution in [0.25, 0.3) is 16.6 Å². The van der Waals surface area contributed by atoms with Crippen molar-refractivity contribution in [1.82, 2.24) is 14.9 Å². The number of aromatic nitrogens is 2. The van der Waals surface area contributed by atoms with Crippen molar-refractivity contribution in [2.75, 3.05) is 7.11 Å².